The molecule has 6 heteroatoms. The van der Waals surface area contributed by atoms with Gasteiger partial charge in [-0.3, -0.25) is 4.79 Å². The molecule has 19 heavy (non-hydrogen) atoms. The monoisotopic (exact) mass is 274 g/mol. The molecule has 3 nitrogen and oxygen atoms in total. The van der Waals surface area contributed by atoms with Crippen molar-refractivity contribution in [2.45, 2.75) is 20.3 Å². The van der Waals surface area contributed by atoms with E-state index in [1.165, 1.54) is 0 Å². The minimum Gasteiger partial charge on any atom is -0.351 e. The van der Waals surface area contributed by atoms with Crippen molar-refractivity contribution >= 4 is 5.91 Å². The summed E-state index contributed by atoms with van der Waals surface area (Å²) in [5.74, 6) is -5.00. The molecule has 0 heterocycles. The third-order valence-corrected chi connectivity index (χ3v) is 2.79. The van der Waals surface area contributed by atoms with Crippen LogP contribution in [0.3, 0.4) is 0 Å². The Kier molecular flexibility index (Phi) is 4.94. The zero-order chi connectivity index (χ0) is 14.6. The summed E-state index contributed by atoms with van der Waals surface area (Å²) in [6.45, 7) is 4.60. The van der Waals surface area contributed by atoms with E-state index in [-0.39, 0.29) is 11.0 Å². The van der Waals surface area contributed by atoms with Crippen LogP contribution in [0.2, 0.25) is 0 Å². The average molecular weight is 274 g/mol. The first-order chi connectivity index (χ1) is 8.76. The van der Waals surface area contributed by atoms with Crippen LogP contribution < -0.4 is 11.1 Å². The van der Waals surface area contributed by atoms with Gasteiger partial charge < -0.3 is 11.1 Å². The number of hydrogen-bond donors (Lipinski definition) is 2. The number of rotatable bonds is 5. The van der Waals surface area contributed by atoms with Crippen molar-refractivity contribution in [1.82, 2.24) is 5.32 Å². The zero-order valence-electron chi connectivity index (χ0n) is 10.9. The van der Waals surface area contributed by atoms with Crippen LogP contribution in [0.15, 0.2) is 12.1 Å². The van der Waals surface area contributed by atoms with Gasteiger partial charge in [0.25, 0.3) is 5.91 Å². The van der Waals surface area contributed by atoms with Crippen LogP contribution in [0.25, 0.3) is 0 Å². The average Bonchev–Trinajstić information content (AvgIpc) is 2.32. The maximum absolute atomic E-state index is 13.0. The standard InChI is InChI=1S/C13H17F3N2O/c1-13(2,3-4-17)7-18-12(19)8-5-9(14)11(16)10(15)6-8/h5-6H,3-4,7,17H2,1-2H3,(H,18,19). The lowest BCUT2D eigenvalue weighted by molar-refractivity contribution is 0.0934. The Morgan fingerprint density at radius 3 is 2.26 bits per heavy atom. The summed E-state index contributed by atoms with van der Waals surface area (Å²) in [4.78, 5) is 11.7. The summed E-state index contributed by atoms with van der Waals surface area (Å²) in [5.41, 5.74) is 4.96. The highest BCUT2D eigenvalue weighted by molar-refractivity contribution is 5.94. The minimum atomic E-state index is -1.58. The second-order valence-electron chi connectivity index (χ2n) is 5.14. The van der Waals surface area contributed by atoms with E-state index >= 15 is 0 Å². The Morgan fingerprint density at radius 1 is 1.26 bits per heavy atom. The molecule has 3 N–H and O–H groups in total. The van der Waals surface area contributed by atoms with E-state index in [1.807, 2.05) is 13.8 Å². The van der Waals surface area contributed by atoms with Gasteiger partial charge in [-0.25, -0.2) is 13.2 Å². The highest BCUT2D eigenvalue weighted by Gasteiger charge is 2.20. The van der Waals surface area contributed by atoms with Crippen molar-refractivity contribution in [2.75, 3.05) is 13.1 Å². The Hall–Kier alpha value is -1.56. The maximum atomic E-state index is 13.0. The second-order valence-corrected chi connectivity index (χ2v) is 5.14. The van der Waals surface area contributed by atoms with Gasteiger partial charge in [0.1, 0.15) is 0 Å². The van der Waals surface area contributed by atoms with Crippen LogP contribution in [-0.4, -0.2) is 19.0 Å². The summed E-state index contributed by atoms with van der Waals surface area (Å²) < 4.78 is 38.7. The molecule has 106 valence electrons. The first-order valence-corrected chi connectivity index (χ1v) is 5.89. The van der Waals surface area contributed by atoms with Crippen molar-refractivity contribution in [3.05, 3.63) is 35.1 Å². The molecule has 1 aromatic carbocycles. The van der Waals surface area contributed by atoms with E-state index in [0.29, 0.717) is 31.6 Å². The molecule has 0 aliphatic heterocycles. The van der Waals surface area contributed by atoms with Crippen LogP contribution >= 0.6 is 0 Å². The predicted octanol–water partition coefficient (Wildman–Crippen LogP) is 2.21. The number of benzene rings is 1. The van der Waals surface area contributed by atoms with E-state index in [9.17, 15) is 18.0 Å². The molecule has 0 atom stereocenters. The van der Waals surface area contributed by atoms with Crippen molar-refractivity contribution in [3.8, 4) is 0 Å². The van der Waals surface area contributed by atoms with Crippen molar-refractivity contribution in [1.29, 1.82) is 0 Å². The van der Waals surface area contributed by atoms with Gasteiger partial charge in [-0.1, -0.05) is 13.8 Å². The first-order valence-electron chi connectivity index (χ1n) is 5.89. The maximum Gasteiger partial charge on any atom is 0.251 e. The normalized spacial score (nSPS) is 11.5. The molecule has 0 radical (unpaired) electrons. The van der Waals surface area contributed by atoms with Crippen molar-refractivity contribution < 1.29 is 18.0 Å². The fourth-order valence-corrected chi connectivity index (χ4v) is 1.59. The van der Waals surface area contributed by atoms with Gasteiger partial charge in [-0.05, 0) is 30.5 Å². The summed E-state index contributed by atoms with van der Waals surface area (Å²) >= 11 is 0. The summed E-state index contributed by atoms with van der Waals surface area (Å²) in [6.07, 6.45) is 0.694. The highest BCUT2D eigenvalue weighted by atomic mass is 19.2. The fourth-order valence-electron chi connectivity index (χ4n) is 1.59. The Bertz CT molecular complexity index is 452. The molecule has 0 saturated heterocycles. The SMILES string of the molecule is CC(C)(CCN)CNC(=O)c1cc(F)c(F)c(F)c1. The molecule has 1 amide bonds. The summed E-state index contributed by atoms with van der Waals surface area (Å²) in [7, 11) is 0. The predicted molar refractivity (Wildman–Crippen MR) is 66.1 cm³/mol. The number of halogens is 3. The number of carbonyl (C=O) groups excluding carboxylic acids is 1. The number of hydrogen-bond acceptors (Lipinski definition) is 2. The van der Waals surface area contributed by atoms with Crippen LogP contribution in [0.5, 0.6) is 0 Å². The lowest BCUT2D eigenvalue weighted by Crippen LogP contribution is -2.35. The number of nitrogens with two attached hydrogens (primary N) is 1. The summed E-state index contributed by atoms with van der Waals surface area (Å²) in [5, 5.41) is 2.55. The molecule has 1 rings (SSSR count). The molecule has 0 aromatic heterocycles. The van der Waals surface area contributed by atoms with Gasteiger partial charge in [0.15, 0.2) is 17.5 Å². The molecule has 0 unspecified atom stereocenters. The molecule has 0 aliphatic carbocycles. The van der Waals surface area contributed by atoms with Crippen molar-refractivity contribution in [2.24, 2.45) is 11.1 Å². The van der Waals surface area contributed by atoms with E-state index in [4.69, 9.17) is 5.73 Å². The van der Waals surface area contributed by atoms with Crippen LogP contribution in [0.1, 0.15) is 30.6 Å². The highest BCUT2D eigenvalue weighted by Crippen LogP contribution is 2.18. The van der Waals surface area contributed by atoms with E-state index in [2.05, 4.69) is 5.32 Å². The molecular formula is C13H17F3N2O. The smallest absolute Gasteiger partial charge is 0.251 e. The fraction of sp³-hybridized carbons (Fsp3) is 0.462. The van der Waals surface area contributed by atoms with Crippen LogP contribution in [0.4, 0.5) is 13.2 Å². The third-order valence-electron chi connectivity index (χ3n) is 2.79. The zero-order valence-corrected chi connectivity index (χ0v) is 10.9. The van der Waals surface area contributed by atoms with Crippen LogP contribution in [0, 0.1) is 22.9 Å². The van der Waals surface area contributed by atoms with Gasteiger partial charge in [0.2, 0.25) is 0 Å². The summed E-state index contributed by atoms with van der Waals surface area (Å²) in [6, 6.07) is 1.34. The molecule has 0 spiro atoms. The lowest BCUT2D eigenvalue weighted by Gasteiger charge is -2.24. The van der Waals surface area contributed by atoms with Gasteiger partial charge in [-0.2, -0.15) is 0 Å². The molecule has 0 aliphatic rings. The van der Waals surface area contributed by atoms with E-state index < -0.39 is 23.4 Å². The lowest BCUT2D eigenvalue weighted by atomic mass is 9.89. The second kappa shape index (κ2) is 6.06. The number of nitrogens with one attached hydrogen (secondary N) is 1. The van der Waals surface area contributed by atoms with Crippen molar-refractivity contribution in [3.63, 3.8) is 0 Å². The Morgan fingerprint density at radius 2 is 1.79 bits per heavy atom. The van der Waals surface area contributed by atoms with E-state index in [0.717, 1.165) is 0 Å². The molecule has 1 aromatic rings. The van der Waals surface area contributed by atoms with E-state index in [1.54, 1.807) is 0 Å². The van der Waals surface area contributed by atoms with Gasteiger partial charge in [0, 0.05) is 12.1 Å². The topological polar surface area (TPSA) is 55.1 Å². The molecule has 0 saturated carbocycles. The molecule has 0 fully saturated rings. The third kappa shape index (κ3) is 4.24. The minimum absolute atomic E-state index is 0.221. The number of carbonyl (C=O) groups is 1. The van der Waals surface area contributed by atoms with Gasteiger partial charge >= 0.3 is 0 Å². The Balaban J connectivity index is 2.74. The largest absolute Gasteiger partial charge is 0.351 e. The number of amides is 1. The first kappa shape index (κ1) is 15.5. The molecular weight excluding hydrogens is 257 g/mol. The van der Waals surface area contributed by atoms with Crippen LogP contribution in [-0.2, 0) is 0 Å². The van der Waals surface area contributed by atoms with Gasteiger partial charge in [0.05, 0.1) is 0 Å². The molecule has 0 bridgehead atoms. The van der Waals surface area contributed by atoms with Gasteiger partial charge in [-0.15, -0.1) is 0 Å². The quantitative estimate of drug-likeness (QED) is 0.809. The Labute approximate surface area is 110 Å².